The molecule has 0 unspecified atom stereocenters. The van der Waals surface area contributed by atoms with Gasteiger partial charge >= 0.3 is 6.18 Å². The standard InChI is InChI=1S/C9H7ClF3N/c1-2-5-3-6(9(11,12)13)8(14)7(10)4-5/h2-4H,1,14H2. The van der Waals surface area contributed by atoms with E-state index in [1.807, 2.05) is 0 Å². The molecule has 0 saturated heterocycles. The van der Waals surface area contributed by atoms with Gasteiger partial charge in [0, 0.05) is 0 Å². The molecule has 0 amide bonds. The lowest BCUT2D eigenvalue weighted by atomic mass is 10.1. The van der Waals surface area contributed by atoms with Gasteiger partial charge in [0.1, 0.15) is 0 Å². The summed E-state index contributed by atoms with van der Waals surface area (Å²) in [7, 11) is 0. The number of alkyl halides is 3. The zero-order valence-corrected chi connectivity index (χ0v) is 7.78. The Bertz CT molecular complexity index is 371. The lowest BCUT2D eigenvalue weighted by Gasteiger charge is -2.11. The molecular weight excluding hydrogens is 215 g/mol. The van der Waals surface area contributed by atoms with Crippen molar-refractivity contribution >= 4 is 23.4 Å². The van der Waals surface area contributed by atoms with Gasteiger partial charge in [-0.2, -0.15) is 13.2 Å². The van der Waals surface area contributed by atoms with Gasteiger partial charge in [0.25, 0.3) is 0 Å². The van der Waals surface area contributed by atoms with Gasteiger partial charge in [0.15, 0.2) is 0 Å². The van der Waals surface area contributed by atoms with E-state index in [0.717, 1.165) is 6.07 Å². The van der Waals surface area contributed by atoms with Crippen LogP contribution in [0.25, 0.3) is 6.08 Å². The summed E-state index contributed by atoms with van der Waals surface area (Å²) in [5, 5.41) is -0.116. The minimum atomic E-state index is -4.49. The summed E-state index contributed by atoms with van der Waals surface area (Å²) >= 11 is 5.53. The molecule has 1 aromatic carbocycles. The highest BCUT2D eigenvalue weighted by molar-refractivity contribution is 6.33. The van der Waals surface area contributed by atoms with Crippen LogP contribution in [0.4, 0.5) is 18.9 Å². The molecule has 1 aromatic rings. The highest BCUT2D eigenvalue weighted by atomic mass is 35.5. The second kappa shape index (κ2) is 3.53. The van der Waals surface area contributed by atoms with Crippen LogP contribution < -0.4 is 5.73 Å². The number of rotatable bonds is 1. The summed E-state index contributed by atoms with van der Waals surface area (Å²) < 4.78 is 37.1. The molecule has 0 aliphatic carbocycles. The summed E-state index contributed by atoms with van der Waals surface area (Å²) in [4.78, 5) is 0. The van der Waals surface area contributed by atoms with Crippen LogP contribution in [0.1, 0.15) is 11.1 Å². The average molecular weight is 222 g/mol. The van der Waals surface area contributed by atoms with E-state index in [4.69, 9.17) is 17.3 Å². The topological polar surface area (TPSA) is 26.0 Å². The minimum absolute atomic E-state index is 0.116. The summed E-state index contributed by atoms with van der Waals surface area (Å²) in [5.41, 5.74) is 4.11. The van der Waals surface area contributed by atoms with Crippen molar-refractivity contribution in [3.8, 4) is 0 Å². The van der Waals surface area contributed by atoms with Gasteiger partial charge < -0.3 is 5.73 Å². The molecule has 1 rings (SSSR count). The lowest BCUT2D eigenvalue weighted by molar-refractivity contribution is -0.136. The molecule has 0 spiro atoms. The molecule has 2 N–H and O–H groups in total. The van der Waals surface area contributed by atoms with E-state index >= 15 is 0 Å². The third-order valence-electron chi connectivity index (χ3n) is 1.69. The fourth-order valence-electron chi connectivity index (χ4n) is 0.991. The van der Waals surface area contributed by atoms with Crippen LogP contribution in [0.5, 0.6) is 0 Å². The zero-order chi connectivity index (χ0) is 10.9. The Balaban J connectivity index is 3.42. The van der Waals surface area contributed by atoms with Gasteiger partial charge in [-0.05, 0) is 17.7 Å². The van der Waals surface area contributed by atoms with E-state index in [-0.39, 0.29) is 10.6 Å². The van der Waals surface area contributed by atoms with Crippen molar-refractivity contribution in [3.05, 3.63) is 34.9 Å². The number of anilines is 1. The molecule has 0 saturated carbocycles. The molecular formula is C9H7ClF3N. The predicted octanol–water partition coefficient (Wildman–Crippen LogP) is 3.58. The van der Waals surface area contributed by atoms with Crippen molar-refractivity contribution in [1.29, 1.82) is 0 Å². The van der Waals surface area contributed by atoms with Gasteiger partial charge in [-0.1, -0.05) is 24.3 Å². The van der Waals surface area contributed by atoms with Crippen LogP contribution >= 0.6 is 11.6 Å². The molecule has 0 bridgehead atoms. The first-order valence-corrected chi connectivity index (χ1v) is 4.02. The van der Waals surface area contributed by atoms with Crippen molar-refractivity contribution in [2.75, 3.05) is 5.73 Å². The van der Waals surface area contributed by atoms with Crippen LogP contribution in [-0.4, -0.2) is 0 Å². The lowest BCUT2D eigenvalue weighted by Crippen LogP contribution is -2.09. The second-order valence-corrected chi connectivity index (χ2v) is 3.07. The Kier molecular flexibility index (Phi) is 2.76. The molecule has 1 nitrogen and oxygen atoms in total. The summed E-state index contributed by atoms with van der Waals surface area (Å²) in [6.45, 7) is 3.36. The van der Waals surface area contributed by atoms with Crippen LogP contribution in [0.2, 0.25) is 5.02 Å². The first-order chi connectivity index (χ1) is 6.36. The minimum Gasteiger partial charge on any atom is -0.397 e. The molecule has 0 aromatic heterocycles. The largest absolute Gasteiger partial charge is 0.418 e. The van der Waals surface area contributed by atoms with Crippen molar-refractivity contribution in [2.24, 2.45) is 0 Å². The van der Waals surface area contributed by atoms with Gasteiger partial charge in [0.2, 0.25) is 0 Å². The molecule has 14 heavy (non-hydrogen) atoms. The van der Waals surface area contributed by atoms with Gasteiger partial charge in [0.05, 0.1) is 16.3 Å². The summed E-state index contributed by atoms with van der Waals surface area (Å²) in [6, 6.07) is 2.24. The van der Waals surface area contributed by atoms with Gasteiger partial charge in [-0.3, -0.25) is 0 Å². The molecule has 0 aliphatic rings. The number of nitrogen functional groups attached to an aromatic ring is 1. The van der Waals surface area contributed by atoms with Crippen molar-refractivity contribution in [3.63, 3.8) is 0 Å². The number of benzene rings is 1. The maximum Gasteiger partial charge on any atom is 0.418 e. The van der Waals surface area contributed by atoms with E-state index in [2.05, 4.69) is 6.58 Å². The molecule has 0 fully saturated rings. The first kappa shape index (κ1) is 10.9. The SMILES string of the molecule is C=Cc1cc(Cl)c(N)c(C(F)(F)F)c1. The Hall–Kier alpha value is -1.16. The number of halogens is 4. The molecule has 0 heterocycles. The van der Waals surface area contributed by atoms with E-state index < -0.39 is 17.4 Å². The van der Waals surface area contributed by atoms with E-state index in [9.17, 15) is 13.2 Å². The fourth-order valence-corrected chi connectivity index (χ4v) is 1.22. The fraction of sp³-hybridized carbons (Fsp3) is 0.111. The van der Waals surface area contributed by atoms with Crippen LogP contribution in [-0.2, 0) is 6.18 Å². The van der Waals surface area contributed by atoms with Crippen LogP contribution in [0.3, 0.4) is 0 Å². The van der Waals surface area contributed by atoms with Crippen LogP contribution in [0, 0.1) is 0 Å². The normalized spacial score (nSPS) is 11.4. The maximum absolute atomic E-state index is 12.4. The average Bonchev–Trinajstić information content (AvgIpc) is 2.07. The number of nitrogens with two attached hydrogens (primary N) is 1. The molecule has 0 radical (unpaired) electrons. The molecule has 5 heteroatoms. The van der Waals surface area contributed by atoms with E-state index in [1.54, 1.807) is 0 Å². The van der Waals surface area contributed by atoms with E-state index in [1.165, 1.54) is 12.1 Å². The van der Waals surface area contributed by atoms with Crippen molar-refractivity contribution < 1.29 is 13.2 Å². The highest BCUT2D eigenvalue weighted by Crippen LogP contribution is 2.37. The van der Waals surface area contributed by atoms with Gasteiger partial charge in [-0.15, -0.1) is 0 Å². The van der Waals surface area contributed by atoms with Crippen molar-refractivity contribution in [2.45, 2.75) is 6.18 Å². The van der Waals surface area contributed by atoms with Gasteiger partial charge in [-0.25, -0.2) is 0 Å². The smallest absolute Gasteiger partial charge is 0.397 e. The van der Waals surface area contributed by atoms with Crippen LogP contribution in [0.15, 0.2) is 18.7 Å². The zero-order valence-electron chi connectivity index (χ0n) is 7.03. The summed E-state index contributed by atoms with van der Waals surface area (Å²) in [6.07, 6.45) is -3.21. The first-order valence-electron chi connectivity index (χ1n) is 3.65. The Morgan fingerprint density at radius 3 is 2.36 bits per heavy atom. The Morgan fingerprint density at radius 1 is 1.36 bits per heavy atom. The third kappa shape index (κ3) is 2.01. The summed E-state index contributed by atoms with van der Waals surface area (Å²) in [5.74, 6) is 0. The number of hydrogen-bond donors (Lipinski definition) is 1. The third-order valence-corrected chi connectivity index (χ3v) is 2.01. The second-order valence-electron chi connectivity index (χ2n) is 2.67. The highest BCUT2D eigenvalue weighted by Gasteiger charge is 2.33. The molecule has 0 atom stereocenters. The predicted molar refractivity (Wildman–Crippen MR) is 51.0 cm³/mol. The monoisotopic (exact) mass is 221 g/mol. The Labute approximate surface area is 84.0 Å². The van der Waals surface area contributed by atoms with E-state index in [0.29, 0.717) is 0 Å². The number of hydrogen-bond acceptors (Lipinski definition) is 1. The Morgan fingerprint density at radius 2 is 1.93 bits per heavy atom. The quantitative estimate of drug-likeness (QED) is 0.721. The van der Waals surface area contributed by atoms with Crippen molar-refractivity contribution in [1.82, 2.24) is 0 Å². The molecule has 0 aliphatic heterocycles. The molecule has 76 valence electrons. The maximum atomic E-state index is 12.4.